The molecule has 72 heavy (non-hydrogen) atoms. The van der Waals surface area contributed by atoms with Crippen molar-refractivity contribution in [1.29, 1.82) is 0 Å². The van der Waals surface area contributed by atoms with Crippen LogP contribution in [-0.2, 0) is 47.5 Å². The molecule has 12 fully saturated rings. The first kappa shape index (κ1) is 58.1. The molecular formula is C47H79N5O20. The van der Waals surface area contributed by atoms with Crippen LogP contribution in [0.5, 0.6) is 0 Å². The summed E-state index contributed by atoms with van der Waals surface area (Å²) in [5.74, 6) is -1.86. The van der Waals surface area contributed by atoms with Gasteiger partial charge in [-0.15, -0.1) is 0 Å². The standard InChI is InChI=1S/C47H79N5O20/c1-23(2)52(21-50-24(3)11-13-32(55)48-17-28-26-9-5-7-15-65-44-40(63)36(59)42(30(19-53)69-44)71-46(67-28)38(61)34(26)57)22-51-25(4)12-14-33(56)49-18-29-27-10-6-8-16-66-45-41(64)37(60)43(31(20-54)70-45)72-47(68-29)39(62)35(27)58/h26-31,34-47,50-51,53-54,57-64H,1,3-22H2,2H3,(H,48,55)(H,49,56)/t26?,27?,28?,29?,30?,31?,34?,35?,36?,37?,38?,39?,40?,41?,42?,43?,44-,45-,46+,47+/m1/s1. The van der Waals surface area contributed by atoms with Gasteiger partial charge in [0.1, 0.15) is 61.0 Å². The fraction of sp³-hybridized carbons (Fsp3) is 0.830. The molecule has 0 radical (unpaired) electrons. The van der Waals surface area contributed by atoms with Crippen LogP contribution in [0.4, 0.5) is 0 Å². The summed E-state index contributed by atoms with van der Waals surface area (Å²) >= 11 is 0. The number of rotatable bonds is 19. The van der Waals surface area contributed by atoms with E-state index in [1.807, 2.05) is 11.8 Å². The quantitative estimate of drug-likeness (QED) is 0.0547. The molecule has 12 rings (SSSR count). The van der Waals surface area contributed by atoms with E-state index in [2.05, 4.69) is 41.0 Å². The zero-order valence-corrected chi connectivity index (χ0v) is 40.9. The first-order chi connectivity index (χ1) is 34.4. The third-order valence-corrected chi connectivity index (χ3v) is 14.2. The molecule has 8 bridgehead atoms. The highest BCUT2D eigenvalue weighted by Crippen LogP contribution is 2.36. The molecule has 16 unspecified atom stereocenters. The van der Waals surface area contributed by atoms with Crippen molar-refractivity contribution >= 4 is 11.8 Å². The average Bonchev–Trinajstić information content (AvgIpc) is 3.36. The maximum Gasteiger partial charge on any atom is 0.220 e. The lowest BCUT2D eigenvalue weighted by Gasteiger charge is -2.47. The van der Waals surface area contributed by atoms with E-state index in [1.54, 1.807) is 0 Å². The molecule has 20 atom stereocenters. The largest absolute Gasteiger partial charge is 0.394 e. The second-order valence-corrected chi connectivity index (χ2v) is 19.5. The molecule has 0 saturated carbocycles. The summed E-state index contributed by atoms with van der Waals surface area (Å²) < 4.78 is 46.5. The Morgan fingerprint density at radius 1 is 0.486 bits per heavy atom. The fourth-order valence-electron chi connectivity index (χ4n) is 9.75. The Bertz CT molecular complexity index is 1650. The second kappa shape index (κ2) is 27.6. The summed E-state index contributed by atoms with van der Waals surface area (Å²) in [5.41, 5.74) is 1.82. The Balaban J connectivity index is 0.913. The minimum Gasteiger partial charge on any atom is -0.394 e. The van der Waals surface area contributed by atoms with Gasteiger partial charge in [0.15, 0.2) is 25.2 Å². The highest BCUT2D eigenvalue weighted by molar-refractivity contribution is 5.76. The highest BCUT2D eigenvalue weighted by atomic mass is 16.8. The van der Waals surface area contributed by atoms with Crippen LogP contribution in [-0.4, -0.2) is 231 Å². The lowest BCUT2D eigenvalue weighted by Crippen LogP contribution is -2.64. The van der Waals surface area contributed by atoms with E-state index in [0.29, 0.717) is 55.6 Å². The monoisotopic (exact) mass is 1030 g/mol. The number of nitrogens with zero attached hydrogens (tertiary/aromatic N) is 1. The van der Waals surface area contributed by atoms with Gasteiger partial charge in [-0.25, -0.2) is 0 Å². The molecule has 0 aromatic heterocycles. The minimum absolute atomic E-state index is 0.0391. The first-order valence-electron chi connectivity index (χ1n) is 25.0. The van der Waals surface area contributed by atoms with E-state index in [0.717, 1.165) is 0 Å². The number of amides is 2. The van der Waals surface area contributed by atoms with Gasteiger partial charge in [-0.1, -0.05) is 32.6 Å². The van der Waals surface area contributed by atoms with Crippen LogP contribution < -0.4 is 21.3 Å². The molecule has 0 spiro atoms. The number of hydrogen-bond acceptors (Lipinski definition) is 23. The minimum atomic E-state index is -1.57. The van der Waals surface area contributed by atoms with Gasteiger partial charge >= 0.3 is 0 Å². The van der Waals surface area contributed by atoms with Crippen LogP contribution in [0.1, 0.15) is 71.1 Å². The predicted octanol–water partition coefficient (Wildman–Crippen LogP) is -4.09. The van der Waals surface area contributed by atoms with E-state index >= 15 is 0 Å². The first-order valence-corrected chi connectivity index (χ1v) is 25.0. The van der Waals surface area contributed by atoms with Gasteiger partial charge in [0.25, 0.3) is 0 Å². The molecule has 2 amide bonds. The number of carbonyl (C=O) groups is 2. The third-order valence-electron chi connectivity index (χ3n) is 14.2. The van der Waals surface area contributed by atoms with Crippen molar-refractivity contribution in [1.82, 2.24) is 26.2 Å². The van der Waals surface area contributed by atoms with E-state index in [9.17, 15) is 60.7 Å². The molecule has 12 saturated heterocycles. The maximum atomic E-state index is 13.1. The molecule has 12 aliphatic heterocycles. The lowest BCUT2D eigenvalue weighted by atomic mass is 9.84. The van der Waals surface area contributed by atoms with Crippen molar-refractivity contribution in [2.45, 2.75) is 182 Å². The second-order valence-electron chi connectivity index (χ2n) is 19.5. The van der Waals surface area contributed by atoms with Crippen LogP contribution >= 0.6 is 0 Å². The Morgan fingerprint density at radius 3 is 1.24 bits per heavy atom. The molecule has 25 heteroatoms. The van der Waals surface area contributed by atoms with Gasteiger partial charge in [-0.05, 0) is 45.4 Å². The SMILES string of the molecule is C=C(CCC(=O)NCC1O[C@H]2OC3C(CO)O[C@@H](OCCCCC1C(O)C2O)C(O)C3O)NCN(CNC(=C)CCC(=O)NCC1O[C@H]2OC3C(CO)O[C@@H](OCCCCC1C(O)C2O)C(O)C3O)C(=C)C. The Kier molecular flexibility index (Phi) is 22.3. The van der Waals surface area contributed by atoms with E-state index in [1.165, 1.54) is 0 Å². The van der Waals surface area contributed by atoms with Crippen LogP contribution in [0.2, 0.25) is 0 Å². The Labute approximate surface area is 419 Å². The zero-order chi connectivity index (χ0) is 52.2. The number of aliphatic hydroxyl groups is 10. The van der Waals surface area contributed by atoms with Gasteiger partial charge in [0, 0.05) is 68.1 Å². The average molecular weight is 1030 g/mol. The van der Waals surface area contributed by atoms with Gasteiger partial charge in [0.2, 0.25) is 11.8 Å². The van der Waals surface area contributed by atoms with Crippen molar-refractivity contribution in [3.8, 4) is 0 Å². The lowest BCUT2D eigenvalue weighted by molar-refractivity contribution is -0.355. The summed E-state index contributed by atoms with van der Waals surface area (Å²) in [6.45, 7) is 13.5. The summed E-state index contributed by atoms with van der Waals surface area (Å²) in [6.07, 6.45) is -20.4. The maximum absolute atomic E-state index is 13.1. The zero-order valence-electron chi connectivity index (χ0n) is 40.9. The van der Waals surface area contributed by atoms with Gasteiger partial charge in [0.05, 0.1) is 51.0 Å². The molecule has 25 nitrogen and oxygen atoms in total. The van der Waals surface area contributed by atoms with Crippen molar-refractivity contribution in [3.63, 3.8) is 0 Å². The molecule has 0 aromatic carbocycles. The number of carbonyl (C=O) groups excluding carboxylic acids is 2. The van der Waals surface area contributed by atoms with Crippen molar-refractivity contribution in [3.05, 3.63) is 36.8 Å². The van der Waals surface area contributed by atoms with E-state index in [4.69, 9.17) is 37.9 Å². The number of allylic oxidation sites excluding steroid dienone is 3. The molecule has 0 aliphatic carbocycles. The smallest absolute Gasteiger partial charge is 0.220 e. The Hall–Kier alpha value is -3.16. The van der Waals surface area contributed by atoms with Crippen molar-refractivity contribution in [2.75, 3.05) is 52.9 Å². The van der Waals surface area contributed by atoms with E-state index in [-0.39, 0.29) is 77.1 Å². The number of nitrogens with one attached hydrogen (secondary N) is 4. The van der Waals surface area contributed by atoms with Crippen LogP contribution in [0.15, 0.2) is 36.8 Å². The summed E-state index contributed by atoms with van der Waals surface area (Å²) in [7, 11) is 0. The molecule has 12 aliphatic rings. The van der Waals surface area contributed by atoms with Crippen molar-refractivity contribution < 1.29 is 98.5 Å². The summed E-state index contributed by atoms with van der Waals surface area (Å²) in [6, 6.07) is 0. The molecule has 412 valence electrons. The normalized spacial score (nSPS) is 39.5. The van der Waals surface area contributed by atoms with Crippen LogP contribution in [0, 0.1) is 11.8 Å². The molecular weight excluding hydrogens is 955 g/mol. The topological polar surface area (TPSA) is 362 Å². The number of ether oxygens (including phenoxy) is 8. The molecule has 0 aromatic rings. The predicted molar refractivity (Wildman–Crippen MR) is 249 cm³/mol. The summed E-state index contributed by atoms with van der Waals surface area (Å²) in [4.78, 5) is 28.1. The van der Waals surface area contributed by atoms with Crippen molar-refractivity contribution in [2.24, 2.45) is 11.8 Å². The number of aliphatic hydroxyl groups excluding tert-OH is 10. The van der Waals surface area contributed by atoms with Crippen LogP contribution in [0.3, 0.4) is 0 Å². The van der Waals surface area contributed by atoms with Crippen LogP contribution in [0.25, 0.3) is 0 Å². The van der Waals surface area contributed by atoms with E-state index < -0.39 is 136 Å². The number of hydrogen-bond donors (Lipinski definition) is 14. The highest BCUT2D eigenvalue weighted by Gasteiger charge is 2.53. The van der Waals surface area contributed by atoms with Gasteiger partial charge in [-0.3, -0.25) is 9.59 Å². The summed E-state index contributed by atoms with van der Waals surface area (Å²) in [5, 5.41) is 119. The molecule has 14 N–H and O–H groups in total. The third kappa shape index (κ3) is 15.0. The molecule has 12 heterocycles. The van der Waals surface area contributed by atoms with Gasteiger partial charge < -0.3 is 115 Å². The van der Waals surface area contributed by atoms with Gasteiger partial charge in [-0.2, -0.15) is 0 Å². The Morgan fingerprint density at radius 2 is 0.861 bits per heavy atom. The fourth-order valence-corrected chi connectivity index (χ4v) is 9.75.